The molecule has 7 nitrogen and oxygen atoms in total. The number of aromatic nitrogens is 4. The minimum Gasteiger partial charge on any atom is -0.493 e. The number of hydrogen-bond acceptors (Lipinski definition) is 6. The van der Waals surface area contributed by atoms with Crippen molar-refractivity contribution in [1.82, 2.24) is 19.5 Å². The first-order valence-electron chi connectivity index (χ1n) is 10.6. The molecule has 0 saturated heterocycles. The van der Waals surface area contributed by atoms with E-state index in [0.29, 0.717) is 36.3 Å². The molecule has 6 rings (SSSR count). The molecule has 1 saturated carbocycles. The lowest BCUT2D eigenvalue weighted by atomic mass is 10.1. The first-order chi connectivity index (χ1) is 15.7. The lowest BCUT2D eigenvalue weighted by Gasteiger charge is -2.28. The third-order valence-corrected chi connectivity index (χ3v) is 6.49. The van der Waals surface area contributed by atoms with Crippen molar-refractivity contribution < 1.29 is 14.2 Å². The van der Waals surface area contributed by atoms with E-state index in [0.717, 1.165) is 25.9 Å². The summed E-state index contributed by atoms with van der Waals surface area (Å²) in [5.41, 5.74) is 4.94. The molecular weight excluding hydrogens is 519 g/mol. The van der Waals surface area contributed by atoms with E-state index in [1.165, 1.54) is 18.5 Å². The van der Waals surface area contributed by atoms with Gasteiger partial charge in [0.05, 0.1) is 20.0 Å². The molecule has 4 aromatic rings. The van der Waals surface area contributed by atoms with Crippen molar-refractivity contribution in [1.29, 1.82) is 0 Å². The third-order valence-electron chi connectivity index (χ3n) is 5.90. The van der Waals surface area contributed by atoms with Gasteiger partial charge in [0.15, 0.2) is 23.3 Å². The molecule has 0 amide bonds. The van der Waals surface area contributed by atoms with Crippen LogP contribution in [0.2, 0.25) is 0 Å². The predicted molar refractivity (Wildman–Crippen MR) is 127 cm³/mol. The lowest BCUT2D eigenvalue weighted by molar-refractivity contribution is 0.0867. The fourth-order valence-corrected chi connectivity index (χ4v) is 4.50. The summed E-state index contributed by atoms with van der Waals surface area (Å²) in [7, 11) is 1.65. The molecule has 32 heavy (non-hydrogen) atoms. The Balaban J connectivity index is 1.26. The van der Waals surface area contributed by atoms with Crippen molar-refractivity contribution in [2.45, 2.75) is 31.4 Å². The first kappa shape index (κ1) is 19.8. The molecule has 3 aromatic heterocycles. The van der Waals surface area contributed by atoms with Gasteiger partial charge < -0.3 is 18.8 Å². The van der Waals surface area contributed by atoms with Crippen molar-refractivity contribution in [3.8, 4) is 17.2 Å². The number of hydrogen-bond donors (Lipinski definition) is 0. The molecule has 0 N–H and O–H groups in total. The quantitative estimate of drug-likeness (QED) is 0.337. The molecule has 2 aliphatic rings. The third kappa shape index (κ3) is 3.66. The minimum absolute atomic E-state index is 0.215. The summed E-state index contributed by atoms with van der Waals surface area (Å²) in [5, 5.41) is 0. The SMILES string of the molecule is COc1cc(Cn2cnc3cc(I)cnc32)cc2c1OC(c1ccc(C3CC3)nc1)CO2. The van der Waals surface area contributed by atoms with E-state index in [1.807, 2.05) is 41.5 Å². The van der Waals surface area contributed by atoms with Crippen LogP contribution in [0.5, 0.6) is 17.2 Å². The molecule has 162 valence electrons. The van der Waals surface area contributed by atoms with Crippen LogP contribution in [-0.2, 0) is 6.54 Å². The Kier molecular flexibility index (Phi) is 4.89. The van der Waals surface area contributed by atoms with E-state index in [1.54, 1.807) is 7.11 Å². The smallest absolute Gasteiger partial charge is 0.204 e. The van der Waals surface area contributed by atoms with Gasteiger partial charge in [-0.05, 0) is 65.3 Å². The van der Waals surface area contributed by atoms with Crippen molar-refractivity contribution in [3.05, 3.63) is 69.4 Å². The number of ether oxygens (including phenoxy) is 3. The zero-order valence-corrected chi connectivity index (χ0v) is 19.7. The van der Waals surface area contributed by atoms with Gasteiger partial charge in [-0.2, -0.15) is 0 Å². The van der Waals surface area contributed by atoms with E-state index in [-0.39, 0.29) is 6.10 Å². The summed E-state index contributed by atoms with van der Waals surface area (Å²) < 4.78 is 21.2. The van der Waals surface area contributed by atoms with E-state index < -0.39 is 0 Å². The number of nitrogens with zero attached hydrogens (tertiary/aromatic N) is 4. The minimum atomic E-state index is -0.215. The normalized spacial score (nSPS) is 17.5. The van der Waals surface area contributed by atoms with Crippen molar-refractivity contribution in [2.24, 2.45) is 0 Å². The molecule has 0 radical (unpaired) electrons. The first-order valence-corrected chi connectivity index (χ1v) is 11.7. The number of methoxy groups -OCH3 is 1. The Hall–Kier alpha value is -2.88. The molecule has 1 unspecified atom stereocenters. The van der Waals surface area contributed by atoms with Crippen molar-refractivity contribution in [3.63, 3.8) is 0 Å². The summed E-state index contributed by atoms with van der Waals surface area (Å²) in [6.07, 6.45) is 7.83. The van der Waals surface area contributed by atoms with Crippen LogP contribution in [0.25, 0.3) is 11.2 Å². The van der Waals surface area contributed by atoms with Gasteiger partial charge in [-0.1, -0.05) is 6.07 Å². The van der Waals surface area contributed by atoms with Crippen LogP contribution in [-0.4, -0.2) is 33.2 Å². The molecule has 1 aromatic carbocycles. The average molecular weight is 540 g/mol. The van der Waals surface area contributed by atoms with Gasteiger partial charge in [-0.15, -0.1) is 0 Å². The summed E-state index contributed by atoms with van der Waals surface area (Å²) in [5.74, 6) is 2.60. The second kappa shape index (κ2) is 7.91. The standard InChI is InChI=1S/C24H21IN4O3/c1-30-20-6-14(11-29-13-28-19-8-17(25)10-27-24(19)29)7-21-23(20)32-22(12-31-21)16-4-5-18(26-9-16)15-2-3-15/h4-10,13,15,22H,2-3,11-12H2,1H3. The molecule has 1 atom stereocenters. The monoisotopic (exact) mass is 540 g/mol. The predicted octanol–water partition coefficient (Wildman–Crippen LogP) is 4.88. The Labute approximate surface area is 198 Å². The van der Waals surface area contributed by atoms with Crippen LogP contribution in [0, 0.1) is 3.57 Å². The van der Waals surface area contributed by atoms with Gasteiger partial charge in [0.1, 0.15) is 12.1 Å². The fraction of sp³-hybridized carbons (Fsp3) is 0.292. The van der Waals surface area contributed by atoms with E-state index in [4.69, 9.17) is 14.2 Å². The van der Waals surface area contributed by atoms with Gasteiger partial charge in [-0.3, -0.25) is 4.98 Å². The molecule has 0 spiro atoms. The second-order valence-electron chi connectivity index (χ2n) is 8.20. The number of rotatable bonds is 5. The summed E-state index contributed by atoms with van der Waals surface area (Å²) in [6.45, 7) is 1.03. The Morgan fingerprint density at radius 2 is 2.03 bits per heavy atom. The number of pyridine rings is 2. The van der Waals surface area contributed by atoms with E-state index in [2.05, 4.69) is 49.7 Å². The van der Waals surface area contributed by atoms with Gasteiger partial charge in [0.25, 0.3) is 0 Å². The average Bonchev–Trinajstić information content (AvgIpc) is 3.60. The highest BCUT2D eigenvalue weighted by Crippen LogP contribution is 2.45. The number of fused-ring (bicyclic) bond motifs is 2. The molecule has 1 fully saturated rings. The highest BCUT2D eigenvalue weighted by molar-refractivity contribution is 14.1. The van der Waals surface area contributed by atoms with Crippen LogP contribution >= 0.6 is 22.6 Å². The summed E-state index contributed by atoms with van der Waals surface area (Å²) in [4.78, 5) is 13.6. The van der Waals surface area contributed by atoms with Crippen LogP contribution in [0.15, 0.2) is 49.1 Å². The van der Waals surface area contributed by atoms with Crippen LogP contribution < -0.4 is 14.2 Å². The van der Waals surface area contributed by atoms with Crippen molar-refractivity contribution >= 4 is 33.8 Å². The summed E-state index contributed by atoms with van der Waals surface area (Å²) >= 11 is 2.24. The van der Waals surface area contributed by atoms with Gasteiger partial charge in [0, 0.05) is 33.1 Å². The molecule has 0 bridgehead atoms. The van der Waals surface area contributed by atoms with Crippen LogP contribution in [0.4, 0.5) is 0 Å². The number of imidazole rings is 1. The molecular formula is C24H21IN4O3. The zero-order chi connectivity index (χ0) is 21.7. The zero-order valence-electron chi connectivity index (χ0n) is 17.5. The molecule has 8 heteroatoms. The lowest BCUT2D eigenvalue weighted by Crippen LogP contribution is -2.22. The highest BCUT2D eigenvalue weighted by Gasteiger charge is 2.28. The second-order valence-corrected chi connectivity index (χ2v) is 9.45. The maximum Gasteiger partial charge on any atom is 0.204 e. The van der Waals surface area contributed by atoms with Crippen molar-refractivity contribution in [2.75, 3.05) is 13.7 Å². The Morgan fingerprint density at radius 3 is 2.81 bits per heavy atom. The largest absolute Gasteiger partial charge is 0.493 e. The van der Waals surface area contributed by atoms with E-state index >= 15 is 0 Å². The molecule has 4 heterocycles. The van der Waals surface area contributed by atoms with Crippen LogP contribution in [0.3, 0.4) is 0 Å². The molecule has 1 aliphatic heterocycles. The van der Waals surface area contributed by atoms with Gasteiger partial charge in [-0.25, -0.2) is 9.97 Å². The topological polar surface area (TPSA) is 71.3 Å². The van der Waals surface area contributed by atoms with Crippen LogP contribution in [0.1, 0.15) is 41.7 Å². The maximum atomic E-state index is 6.31. The van der Waals surface area contributed by atoms with Gasteiger partial charge in [0.2, 0.25) is 5.75 Å². The van der Waals surface area contributed by atoms with Gasteiger partial charge >= 0.3 is 0 Å². The van der Waals surface area contributed by atoms with E-state index in [9.17, 15) is 0 Å². The summed E-state index contributed by atoms with van der Waals surface area (Å²) in [6, 6.07) is 10.2. The number of benzene rings is 1. The highest BCUT2D eigenvalue weighted by atomic mass is 127. The molecule has 1 aliphatic carbocycles. The fourth-order valence-electron chi connectivity index (χ4n) is 4.07. The Bertz CT molecular complexity index is 1280. The Morgan fingerprint density at radius 1 is 1.12 bits per heavy atom. The number of halogens is 1. The maximum absolute atomic E-state index is 6.31.